The molecule has 0 bridgehead atoms. The maximum absolute atomic E-state index is 12.1. The van der Waals surface area contributed by atoms with Crippen molar-refractivity contribution in [1.82, 2.24) is 9.97 Å². The number of amides is 2. The third-order valence-electron chi connectivity index (χ3n) is 3.31. The normalized spacial score (nSPS) is 10.6. The number of aromatic nitrogens is 2. The van der Waals surface area contributed by atoms with Crippen molar-refractivity contribution in [2.45, 2.75) is 19.8 Å². The topological polar surface area (TPSA) is 98.0 Å². The van der Waals surface area contributed by atoms with Gasteiger partial charge in [-0.05, 0) is 13.0 Å². The zero-order valence-corrected chi connectivity index (χ0v) is 15.1. The van der Waals surface area contributed by atoms with E-state index in [0.29, 0.717) is 16.5 Å². The minimum Gasteiger partial charge on any atom is -0.369 e. The molecule has 6 nitrogen and oxygen atoms in total. The summed E-state index contributed by atoms with van der Waals surface area (Å²) in [5.74, 6) is -0.643. The summed E-state index contributed by atoms with van der Waals surface area (Å²) in [5.41, 5.74) is 8.62. The van der Waals surface area contributed by atoms with Gasteiger partial charge in [0.25, 0.3) is 0 Å². The molecular weight excluding hydrogens is 356 g/mol. The second-order valence-corrected chi connectivity index (χ2v) is 7.24. The number of aryl methyl sites for hydroxylation is 1. The van der Waals surface area contributed by atoms with Gasteiger partial charge in [-0.2, -0.15) is 0 Å². The van der Waals surface area contributed by atoms with E-state index in [-0.39, 0.29) is 18.7 Å². The van der Waals surface area contributed by atoms with Gasteiger partial charge in [0.1, 0.15) is 5.01 Å². The lowest BCUT2D eigenvalue weighted by Crippen LogP contribution is -2.15. The first-order valence-corrected chi connectivity index (χ1v) is 9.29. The Morgan fingerprint density at radius 3 is 2.64 bits per heavy atom. The van der Waals surface area contributed by atoms with Crippen LogP contribution in [0.1, 0.15) is 17.0 Å². The number of rotatable bonds is 6. The average molecular weight is 372 g/mol. The van der Waals surface area contributed by atoms with Crippen LogP contribution < -0.4 is 11.1 Å². The van der Waals surface area contributed by atoms with E-state index in [2.05, 4.69) is 21.4 Å². The fourth-order valence-corrected chi connectivity index (χ4v) is 3.79. The summed E-state index contributed by atoms with van der Waals surface area (Å²) in [6.07, 6.45) is 0.241. The van der Waals surface area contributed by atoms with Gasteiger partial charge >= 0.3 is 0 Å². The van der Waals surface area contributed by atoms with Gasteiger partial charge in [0, 0.05) is 16.3 Å². The molecule has 2 aromatic heterocycles. The van der Waals surface area contributed by atoms with Gasteiger partial charge in [0.05, 0.1) is 24.2 Å². The molecule has 0 aliphatic heterocycles. The lowest BCUT2D eigenvalue weighted by Gasteiger charge is -2.00. The fourth-order valence-electron chi connectivity index (χ4n) is 2.25. The Hall–Kier alpha value is -2.58. The first kappa shape index (κ1) is 17.2. The molecule has 0 aliphatic rings. The minimum atomic E-state index is -0.450. The summed E-state index contributed by atoms with van der Waals surface area (Å²) >= 11 is 2.78. The summed E-state index contributed by atoms with van der Waals surface area (Å²) in [6.45, 7) is 2.03. The van der Waals surface area contributed by atoms with Crippen LogP contribution in [-0.4, -0.2) is 21.8 Å². The molecule has 0 saturated heterocycles. The predicted molar refractivity (Wildman–Crippen MR) is 99.6 cm³/mol. The number of hydrogen-bond donors (Lipinski definition) is 2. The van der Waals surface area contributed by atoms with Crippen LogP contribution in [0.15, 0.2) is 35.0 Å². The smallest absolute Gasteiger partial charge is 0.232 e. The number of hydrogen-bond acceptors (Lipinski definition) is 6. The van der Waals surface area contributed by atoms with Gasteiger partial charge in [-0.15, -0.1) is 22.7 Å². The molecule has 3 rings (SSSR count). The quantitative estimate of drug-likeness (QED) is 0.695. The lowest BCUT2D eigenvalue weighted by molar-refractivity contribution is -0.117. The van der Waals surface area contributed by atoms with Crippen LogP contribution in [0, 0.1) is 6.92 Å². The van der Waals surface area contributed by atoms with Gasteiger partial charge in [0.15, 0.2) is 5.13 Å². The molecule has 0 radical (unpaired) electrons. The second kappa shape index (κ2) is 7.54. The van der Waals surface area contributed by atoms with Gasteiger partial charge in [-0.3, -0.25) is 9.59 Å². The monoisotopic (exact) mass is 372 g/mol. The number of primary amides is 1. The van der Waals surface area contributed by atoms with E-state index in [0.717, 1.165) is 10.6 Å². The average Bonchev–Trinajstić information content (AvgIpc) is 3.16. The zero-order valence-electron chi connectivity index (χ0n) is 13.5. The first-order chi connectivity index (χ1) is 12.0. The van der Waals surface area contributed by atoms with Crippen molar-refractivity contribution >= 4 is 39.6 Å². The number of nitrogens with zero attached hydrogens (tertiary/aromatic N) is 2. The van der Waals surface area contributed by atoms with E-state index in [1.54, 1.807) is 5.38 Å². The number of carbonyl (C=O) groups excluding carboxylic acids is 2. The molecule has 2 heterocycles. The van der Waals surface area contributed by atoms with Gasteiger partial charge in [0.2, 0.25) is 11.8 Å². The van der Waals surface area contributed by atoms with Crippen molar-refractivity contribution in [3.63, 3.8) is 0 Å². The zero-order chi connectivity index (χ0) is 17.8. The Kier molecular flexibility index (Phi) is 5.20. The van der Waals surface area contributed by atoms with E-state index in [4.69, 9.17) is 5.73 Å². The molecule has 0 unspecified atom stereocenters. The number of nitrogens with one attached hydrogen (secondary N) is 1. The third kappa shape index (κ3) is 4.71. The molecule has 8 heteroatoms. The van der Waals surface area contributed by atoms with Crippen molar-refractivity contribution in [1.29, 1.82) is 0 Å². The van der Waals surface area contributed by atoms with Crippen LogP contribution >= 0.6 is 22.7 Å². The lowest BCUT2D eigenvalue weighted by atomic mass is 10.1. The summed E-state index contributed by atoms with van der Waals surface area (Å²) < 4.78 is 0. The van der Waals surface area contributed by atoms with Crippen molar-refractivity contribution in [3.8, 4) is 10.6 Å². The molecule has 2 amide bonds. The van der Waals surface area contributed by atoms with E-state index in [1.807, 2.05) is 30.5 Å². The Bertz CT molecular complexity index is 917. The molecule has 0 saturated carbocycles. The highest BCUT2D eigenvalue weighted by Gasteiger charge is 2.12. The highest BCUT2D eigenvalue weighted by molar-refractivity contribution is 7.14. The van der Waals surface area contributed by atoms with Crippen LogP contribution in [0.5, 0.6) is 0 Å². The van der Waals surface area contributed by atoms with E-state index in [1.165, 1.54) is 28.2 Å². The van der Waals surface area contributed by atoms with Crippen LogP contribution in [0.2, 0.25) is 0 Å². The standard InChI is InChI=1S/C17H16N4O2S2/c1-10-3-2-4-11(5-10)16-19-13(8-24-16)7-15(23)21-17-20-12(9-25-17)6-14(18)22/h2-5,8-9H,6-7H2,1H3,(H2,18,22)(H,20,21,23). The first-order valence-electron chi connectivity index (χ1n) is 7.53. The third-order valence-corrected chi connectivity index (χ3v) is 5.06. The number of benzene rings is 1. The largest absolute Gasteiger partial charge is 0.369 e. The maximum Gasteiger partial charge on any atom is 0.232 e. The molecule has 3 N–H and O–H groups in total. The maximum atomic E-state index is 12.1. The summed E-state index contributed by atoms with van der Waals surface area (Å²) in [6, 6.07) is 8.10. The van der Waals surface area contributed by atoms with Gasteiger partial charge in [-0.1, -0.05) is 23.8 Å². The molecule has 0 spiro atoms. The Morgan fingerprint density at radius 1 is 1.12 bits per heavy atom. The Morgan fingerprint density at radius 2 is 1.88 bits per heavy atom. The minimum absolute atomic E-state index is 0.0678. The van der Waals surface area contributed by atoms with Crippen LogP contribution in [0.4, 0.5) is 5.13 Å². The summed E-state index contributed by atoms with van der Waals surface area (Å²) in [4.78, 5) is 31.7. The highest BCUT2D eigenvalue weighted by Crippen LogP contribution is 2.25. The molecule has 0 fully saturated rings. The van der Waals surface area contributed by atoms with Crippen molar-refractivity contribution in [2.75, 3.05) is 5.32 Å². The molecule has 1 aromatic carbocycles. The summed E-state index contributed by atoms with van der Waals surface area (Å²) in [7, 11) is 0. The number of carbonyl (C=O) groups is 2. The molecule has 25 heavy (non-hydrogen) atoms. The Labute approximate surface area is 152 Å². The Balaban J connectivity index is 1.62. The molecule has 0 atom stereocenters. The van der Waals surface area contributed by atoms with Crippen molar-refractivity contribution in [3.05, 3.63) is 52.0 Å². The number of thiazole rings is 2. The molecular formula is C17H16N4O2S2. The summed E-state index contributed by atoms with van der Waals surface area (Å²) in [5, 5.41) is 7.66. The molecule has 3 aromatic rings. The molecule has 0 aliphatic carbocycles. The van der Waals surface area contributed by atoms with Gasteiger partial charge in [-0.25, -0.2) is 9.97 Å². The fraction of sp³-hybridized carbons (Fsp3) is 0.176. The predicted octanol–water partition coefficient (Wildman–Crippen LogP) is 2.78. The van der Waals surface area contributed by atoms with Crippen LogP contribution in [0.25, 0.3) is 10.6 Å². The molecule has 128 valence electrons. The highest BCUT2D eigenvalue weighted by atomic mass is 32.1. The van der Waals surface area contributed by atoms with Crippen molar-refractivity contribution in [2.24, 2.45) is 5.73 Å². The van der Waals surface area contributed by atoms with E-state index in [9.17, 15) is 9.59 Å². The van der Waals surface area contributed by atoms with Crippen LogP contribution in [0.3, 0.4) is 0 Å². The SMILES string of the molecule is Cc1cccc(-c2nc(CC(=O)Nc3nc(CC(N)=O)cs3)cs2)c1. The number of anilines is 1. The van der Waals surface area contributed by atoms with E-state index >= 15 is 0 Å². The second-order valence-electron chi connectivity index (χ2n) is 5.53. The van der Waals surface area contributed by atoms with Crippen LogP contribution in [-0.2, 0) is 22.4 Å². The van der Waals surface area contributed by atoms with E-state index < -0.39 is 5.91 Å². The van der Waals surface area contributed by atoms with Gasteiger partial charge < -0.3 is 11.1 Å². The van der Waals surface area contributed by atoms with Crippen molar-refractivity contribution < 1.29 is 9.59 Å². The number of nitrogens with two attached hydrogens (primary N) is 1.